The molecule has 0 aliphatic heterocycles. The van der Waals surface area contributed by atoms with Gasteiger partial charge in [-0.05, 0) is 32.6 Å². The molecule has 0 saturated heterocycles. The summed E-state index contributed by atoms with van der Waals surface area (Å²) in [5.74, 6) is 0.830. The maximum atomic E-state index is 9.19. The predicted molar refractivity (Wildman–Crippen MR) is 60.3 cm³/mol. The van der Waals surface area contributed by atoms with Crippen LogP contribution < -0.4 is 5.32 Å². The molecular weight excluding hydrogens is 174 g/mol. The summed E-state index contributed by atoms with van der Waals surface area (Å²) in [6, 6.07) is 0.572. The molecule has 1 aliphatic carbocycles. The lowest BCUT2D eigenvalue weighted by Gasteiger charge is -2.24. The SMILES string of the molecule is CC(O)CN[C@@H](C)C1CCCCCC1. The van der Waals surface area contributed by atoms with Gasteiger partial charge in [0.1, 0.15) is 0 Å². The van der Waals surface area contributed by atoms with Gasteiger partial charge in [0.2, 0.25) is 0 Å². The van der Waals surface area contributed by atoms with Crippen molar-refractivity contribution in [2.24, 2.45) is 5.92 Å². The topological polar surface area (TPSA) is 32.3 Å². The number of rotatable bonds is 4. The van der Waals surface area contributed by atoms with Gasteiger partial charge >= 0.3 is 0 Å². The van der Waals surface area contributed by atoms with Crippen molar-refractivity contribution in [2.45, 2.75) is 64.5 Å². The van der Waals surface area contributed by atoms with Crippen molar-refractivity contribution in [1.29, 1.82) is 0 Å². The Morgan fingerprint density at radius 1 is 1.14 bits per heavy atom. The van der Waals surface area contributed by atoms with E-state index >= 15 is 0 Å². The Labute approximate surface area is 88.1 Å². The molecule has 0 amide bonds. The second-order valence-corrected chi connectivity index (χ2v) is 4.80. The third-order valence-electron chi connectivity index (χ3n) is 3.34. The maximum Gasteiger partial charge on any atom is 0.0636 e. The number of hydrogen-bond donors (Lipinski definition) is 2. The lowest BCUT2D eigenvalue weighted by atomic mass is 9.93. The van der Waals surface area contributed by atoms with Crippen LogP contribution in [0.4, 0.5) is 0 Å². The summed E-state index contributed by atoms with van der Waals surface area (Å²) in [5, 5.41) is 12.6. The van der Waals surface area contributed by atoms with Crippen LogP contribution in [0.1, 0.15) is 52.4 Å². The molecule has 2 heteroatoms. The van der Waals surface area contributed by atoms with Gasteiger partial charge in [0.15, 0.2) is 0 Å². The van der Waals surface area contributed by atoms with Crippen LogP contribution in [0.15, 0.2) is 0 Å². The highest BCUT2D eigenvalue weighted by molar-refractivity contribution is 4.75. The first-order valence-corrected chi connectivity index (χ1v) is 6.11. The minimum Gasteiger partial charge on any atom is -0.392 e. The van der Waals surface area contributed by atoms with Crippen molar-refractivity contribution in [2.75, 3.05) is 6.54 Å². The van der Waals surface area contributed by atoms with E-state index in [1.54, 1.807) is 0 Å². The van der Waals surface area contributed by atoms with Crippen LogP contribution in [-0.4, -0.2) is 23.8 Å². The van der Waals surface area contributed by atoms with Crippen LogP contribution >= 0.6 is 0 Å². The maximum absolute atomic E-state index is 9.19. The van der Waals surface area contributed by atoms with Crippen molar-refractivity contribution in [3.05, 3.63) is 0 Å². The molecule has 1 aliphatic rings. The van der Waals surface area contributed by atoms with E-state index in [-0.39, 0.29) is 6.10 Å². The standard InChI is InChI=1S/C12H25NO/c1-10(14)9-13-11(2)12-7-5-3-4-6-8-12/h10-14H,3-9H2,1-2H3/t10?,11-/m0/s1. The van der Waals surface area contributed by atoms with Crippen LogP contribution in [0.3, 0.4) is 0 Å². The Morgan fingerprint density at radius 2 is 1.71 bits per heavy atom. The fourth-order valence-electron chi connectivity index (χ4n) is 2.33. The summed E-state index contributed by atoms with van der Waals surface area (Å²) < 4.78 is 0. The fraction of sp³-hybridized carbons (Fsp3) is 1.00. The molecular formula is C12H25NO. The number of hydrogen-bond acceptors (Lipinski definition) is 2. The minimum absolute atomic E-state index is 0.219. The zero-order valence-corrected chi connectivity index (χ0v) is 9.63. The highest BCUT2D eigenvalue weighted by Gasteiger charge is 2.18. The number of nitrogens with one attached hydrogen (secondary N) is 1. The average Bonchev–Trinajstić information content (AvgIpc) is 2.42. The Hall–Kier alpha value is -0.0800. The monoisotopic (exact) mass is 199 g/mol. The Kier molecular flexibility index (Phi) is 5.49. The summed E-state index contributed by atoms with van der Waals surface area (Å²) in [6.07, 6.45) is 8.14. The second-order valence-electron chi connectivity index (χ2n) is 4.80. The van der Waals surface area contributed by atoms with Crippen molar-refractivity contribution in [1.82, 2.24) is 5.32 Å². The summed E-state index contributed by atoms with van der Waals surface area (Å²) in [4.78, 5) is 0. The zero-order valence-electron chi connectivity index (χ0n) is 9.63. The molecule has 0 aromatic rings. The Morgan fingerprint density at radius 3 is 2.21 bits per heavy atom. The van der Waals surface area contributed by atoms with Gasteiger partial charge in [-0.15, -0.1) is 0 Å². The molecule has 0 radical (unpaired) electrons. The molecule has 2 atom stereocenters. The van der Waals surface area contributed by atoms with E-state index in [1.807, 2.05) is 6.92 Å². The third kappa shape index (κ3) is 4.43. The third-order valence-corrected chi connectivity index (χ3v) is 3.34. The van der Waals surface area contributed by atoms with Crippen molar-refractivity contribution >= 4 is 0 Å². The van der Waals surface area contributed by atoms with E-state index in [0.29, 0.717) is 6.04 Å². The van der Waals surface area contributed by atoms with Crippen LogP contribution in [0, 0.1) is 5.92 Å². The molecule has 2 N–H and O–H groups in total. The van der Waals surface area contributed by atoms with E-state index in [4.69, 9.17) is 0 Å². The molecule has 1 unspecified atom stereocenters. The highest BCUT2D eigenvalue weighted by atomic mass is 16.3. The first-order valence-electron chi connectivity index (χ1n) is 6.11. The fourth-order valence-corrected chi connectivity index (χ4v) is 2.33. The van der Waals surface area contributed by atoms with E-state index in [1.165, 1.54) is 38.5 Å². The molecule has 0 aromatic carbocycles. The average molecular weight is 199 g/mol. The Bertz CT molecular complexity index is 139. The summed E-state index contributed by atoms with van der Waals surface area (Å²) in [5.41, 5.74) is 0. The number of aliphatic hydroxyl groups is 1. The van der Waals surface area contributed by atoms with Crippen molar-refractivity contribution in [3.63, 3.8) is 0 Å². The molecule has 0 heterocycles. The van der Waals surface area contributed by atoms with Crippen molar-refractivity contribution in [3.8, 4) is 0 Å². The lowest BCUT2D eigenvalue weighted by molar-refractivity contribution is 0.179. The van der Waals surface area contributed by atoms with Crippen molar-refractivity contribution < 1.29 is 5.11 Å². The second kappa shape index (κ2) is 6.41. The smallest absolute Gasteiger partial charge is 0.0636 e. The molecule has 0 spiro atoms. The summed E-state index contributed by atoms with van der Waals surface area (Å²) in [6.45, 7) is 4.84. The molecule has 14 heavy (non-hydrogen) atoms. The van der Waals surface area contributed by atoms with Gasteiger partial charge in [0, 0.05) is 12.6 Å². The van der Waals surface area contributed by atoms with Gasteiger partial charge in [0.25, 0.3) is 0 Å². The van der Waals surface area contributed by atoms with Crippen LogP contribution in [-0.2, 0) is 0 Å². The van der Waals surface area contributed by atoms with E-state index in [2.05, 4.69) is 12.2 Å². The molecule has 0 bridgehead atoms. The minimum atomic E-state index is -0.219. The summed E-state index contributed by atoms with van der Waals surface area (Å²) in [7, 11) is 0. The van der Waals surface area contributed by atoms with Gasteiger partial charge in [-0.3, -0.25) is 0 Å². The largest absolute Gasteiger partial charge is 0.392 e. The van der Waals surface area contributed by atoms with E-state index in [0.717, 1.165) is 12.5 Å². The predicted octanol–water partition coefficient (Wildman–Crippen LogP) is 2.32. The zero-order chi connectivity index (χ0) is 10.4. The van der Waals surface area contributed by atoms with Crippen LogP contribution in [0.25, 0.3) is 0 Å². The van der Waals surface area contributed by atoms with E-state index in [9.17, 15) is 5.11 Å². The molecule has 1 saturated carbocycles. The summed E-state index contributed by atoms with van der Waals surface area (Å²) >= 11 is 0. The molecule has 84 valence electrons. The van der Waals surface area contributed by atoms with Crippen LogP contribution in [0.2, 0.25) is 0 Å². The molecule has 1 fully saturated rings. The quantitative estimate of drug-likeness (QED) is 0.681. The van der Waals surface area contributed by atoms with Gasteiger partial charge in [0.05, 0.1) is 6.10 Å². The van der Waals surface area contributed by atoms with E-state index < -0.39 is 0 Å². The lowest BCUT2D eigenvalue weighted by Crippen LogP contribution is -2.37. The molecule has 2 nitrogen and oxygen atoms in total. The van der Waals surface area contributed by atoms with Crippen LogP contribution in [0.5, 0.6) is 0 Å². The molecule has 1 rings (SSSR count). The Balaban J connectivity index is 2.23. The number of aliphatic hydroxyl groups excluding tert-OH is 1. The first-order chi connectivity index (χ1) is 6.70. The first kappa shape index (κ1) is 12.0. The highest BCUT2D eigenvalue weighted by Crippen LogP contribution is 2.25. The van der Waals surface area contributed by atoms with Gasteiger partial charge in [-0.25, -0.2) is 0 Å². The van der Waals surface area contributed by atoms with Gasteiger partial charge < -0.3 is 10.4 Å². The molecule has 0 aromatic heterocycles. The van der Waals surface area contributed by atoms with Gasteiger partial charge in [-0.1, -0.05) is 25.7 Å². The normalized spacial score (nSPS) is 24.2. The van der Waals surface area contributed by atoms with Gasteiger partial charge in [-0.2, -0.15) is 0 Å².